The van der Waals surface area contributed by atoms with Gasteiger partial charge >= 0.3 is 0 Å². The van der Waals surface area contributed by atoms with Crippen molar-refractivity contribution in [1.29, 1.82) is 0 Å². The summed E-state index contributed by atoms with van der Waals surface area (Å²) in [5.41, 5.74) is 2.82. The molecular weight excluding hydrogens is 430 g/mol. The van der Waals surface area contributed by atoms with Crippen LogP contribution < -0.4 is 4.72 Å². The van der Waals surface area contributed by atoms with Crippen LogP contribution in [0.3, 0.4) is 0 Å². The van der Waals surface area contributed by atoms with E-state index in [4.69, 9.17) is 0 Å². The van der Waals surface area contributed by atoms with Gasteiger partial charge in [0.2, 0.25) is 0 Å². The summed E-state index contributed by atoms with van der Waals surface area (Å²) in [5, 5.41) is 2.76. The van der Waals surface area contributed by atoms with Gasteiger partial charge in [0, 0.05) is 40.3 Å². The Morgan fingerprint density at radius 2 is 1.55 bits per heavy atom. The second kappa shape index (κ2) is 8.38. The van der Waals surface area contributed by atoms with E-state index >= 15 is 0 Å². The fourth-order valence-corrected chi connectivity index (χ4v) is 5.27. The molecule has 0 unspecified atom stereocenters. The summed E-state index contributed by atoms with van der Waals surface area (Å²) in [6, 6.07) is 22.3. The quantitative estimate of drug-likeness (QED) is 0.380. The van der Waals surface area contributed by atoms with Crippen molar-refractivity contribution in [3.63, 3.8) is 0 Å². The van der Waals surface area contributed by atoms with Crippen molar-refractivity contribution in [3.05, 3.63) is 108 Å². The molecule has 0 bridgehead atoms. The van der Waals surface area contributed by atoms with Crippen LogP contribution in [0.1, 0.15) is 16.7 Å². The minimum Gasteiger partial charge on any atom is -0.278 e. The van der Waals surface area contributed by atoms with Crippen LogP contribution in [0.2, 0.25) is 0 Å². The number of hydrogen-bond donors (Lipinski definition) is 1. The zero-order chi connectivity index (χ0) is 22.8. The van der Waals surface area contributed by atoms with Crippen LogP contribution in [0.25, 0.3) is 21.7 Å². The topological polar surface area (TPSA) is 72.0 Å². The van der Waals surface area contributed by atoms with E-state index < -0.39 is 10.0 Å². The lowest BCUT2D eigenvalue weighted by Crippen LogP contribution is -2.16. The Hall–Kier alpha value is -4.21. The van der Waals surface area contributed by atoms with Crippen molar-refractivity contribution >= 4 is 37.4 Å². The molecular formula is C27H19N3O2S. The summed E-state index contributed by atoms with van der Waals surface area (Å²) in [7, 11) is -3.90. The number of nitrogens with one attached hydrogen (secondary N) is 1. The number of sulfonamides is 1. The molecule has 0 amide bonds. The Labute approximate surface area is 192 Å². The van der Waals surface area contributed by atoms with Gasteiger partial charge in [-0.15, -0.1) is 0 Å². The van der Waals surface area contributed by atoms with Crippen molar-refractivity contribution in [3.8, 4) is 11.8 Å². The van der Waals surface area contributed by atoms with Gasteiger partial charge in [0.25, 0.3) is 10.0 Å². The first kappa shape index (κ1) is 20.7. The van der Waals surface area contributed by atoms with E-state index in [1.165, 1.54) is 0 Å². The average molecular weight is 450 g/mol. The highest BCUT2D eigenvalue weighted by atomic mass is 32.2. The van der Waals surface area contributed by atoms with Gasteiger partial charge in [0.05, 0.1) is 16.8 Å². The monoisotopic (exact) mass is 449 g/mol. The molecule has 33 heavy (non-hydrogen) atoms. The van der Waals surface area contributed by atoms with Crippen molar-refractivity contribution in [2.75, 3.05) is 4.72 Å². The molecule has 0 spiro atoms. The number of fused-ring (bicyclic) bond motifs is 2. The number of hydrogen-bond acceptors (Lipinski definition) is 4. The molecule has 5 aromatic rings. The van der Waals surface area contributed by atoms with Crippen LogP contribution in [0.5, 0.6) is 0 Å². The van der Waals surface area contributed by atoms with Gasteiger partial charge in [-0.3, -0.25) is 14.7 Å². The highest BCUT2D eigenvalue weighted by Crippen LogP contribution is 2.28. The van der Waals surface area contributed by atoms with E-state index in [1.54, 1.807) is 55.8 Å². The van der Waals surface area contributed by atoms with Crippen molar-refractivity contribution < 1.29 is 8.42 Å². The molecule has 3 aromatic carbocycles. The van der Waals surface area contributed by atoms with Gasteiger partial charge in [0.1, 0.15) is 4.90 Å². The van der Waals surface area contributed by atoms with Crippen LogP contribution in [0.4, 0.5) is 5.69 Å². The van der Waals surface area contributed by atoms with Crippen LogP contribution in [-0.2, 0) is 10.0 Å². The molecule has 160 valence electrons. The number of para-hydroxylation sites is 1. The van der Waals surface area contributed by atoms with E-state index in [2.05, 4.69) is 26.5 Å². The lowest BCUT2D eigenvalue weighted by molar-refractivity contribution is 0.601. The van der Waals surface area contributed by atoms with E-state index in [0.717, 1.165) is 21.7 Å². The summed E-state index contributed by atoms with van der Waals surface area (Å²) < 4.78 is 29.6. The van der Waals surface area contributed by atoms with Crippen LogP contribution in [0, 0.1) is 18.8 Å². The number of nitrogens with zero attached hydrogens (tertiary/aromatic N) is 2. The smallest absolute Gasteiger partial charge is 0.264 e. The molecule has 2 heterocycles. The zero-order valence-corrected chi connectivity index (χ0v) is 18.6. The summed E-state index contributed by atoms with van der Waals surface area (Å²) in [6.07, 6.45) is 5.11. The van der Waals surface area contributed by atoms with Gasteiger partial charge in [-0.1, -0.05) is 66.4 Å². The van der Waals surface area contributed by atoms with E-state index in [0.29, 0.717) is 22.3 Å². The molecule has 0 aliphatic carbocycles. The SMILES string of the molecule is Cc1ccc2cccnc2c1S(=O)(=O)Nc1ccccc1C#Cc1cncc2ccccc12. The largest absolute Gasteiger partial charge is 0.278 e. The normalized spacial score (nSPS) is 11.2. The fourth-order valence-electron chi connectivity index (χ4n) is 3.79. The Morgan fingerprint density at radius 1 is 0.788 bits per heavy atom. The third-order valence-electron chi connectivity index (χ3n) is 5.37. The average Bonchev–Trinajstić information content (AvgIpc) is 2.83. The lowest BCUT2D eigenvalue weighted by atomic mass is 10.1. The molecule has 2 aromatic heterocycles. The zero-order valence-electron chi connectivity index (χ0n) is 17.8. The number of aryl methyl sites for hydroxylation is 1. The predicted molar refractivity (Wildman–Crippen MR) is 131 cm³/mol. The Bertz CT molecular complexity index is 1680. The van der Waals surface area contributed by atoms with Gasteiger partial charge in [-0.25, -0.2) is 8.42 Å². The molecule has 0 saturated carbocycles. The molecule has 6 heteroatoms. The molecule has 0 aliphatic rings. The van der Waals surface area contributed by atoms with E-state index in [1.807, 2.05) is 42.5 Å². The Balaban J connectivity index is 1.57. The highest BCUT2D eigenvalue weighted by Gasteiger charge is 2.22. The van der Waals surface area contributed by atoms with Crippen molar-refractivity contribution in [2.45, 2.75) is 11.8 Å². The molecule has 1 N–H and O–H groups in total. The maximum atomic E-state index is 13.4. The molecule has 0 aliphatic heterocycles. The van der Waals surface area contributed by atoms with Crippen molar-refractivity contribution in [2.24, 2.45) is 0 Å². The molecule has 0 fully saturated rings. The van der Waals surface area contributed by atoms with Crippen LogP contribution in [0.15, 0.2) is 96.3 Å². The van der Waals surface area contributed by atoms with Gasteiger partial charge in [-0.2, -0.15) is 0 Å². The lowest BCUT2D eigenvalue weighted by Gasteiger charge is -2.13. The number of pyridine rings is 2. The van der Waals surface area contributed by atoms with Crippen LogP contribution in [-0.4, -0.2) is 18.4 Å². The number of anilines is 1. The summed E-state index contributed by atoms with van der Waals surface area (Å²) in [6.45, 7) is 1.77. The summed E-state index contributed by atoms with van der Waals surface area (Å²) in [4.78, 5) is 8.76. The Kier molecular flexibility index (Phi) is 5.25. The van der Waals surface area contributed by atoms with Crippen molar-refractivity contribution in [1.82, 2.24) is 9.97 Å². The molecule has 5 rings (SSSR count). The Morgan fingerprint density at radius 3 is 2.45 bits per heavy atom. The summed E-state index contributed by atoms with van der Waals surface area (Å²) >= 11 is 0. The molecule has 0 saturated heterocycles. The van der Waals surface area contributed by atoms with E-state index in [-0.39, 0.29) is 4.90 Å². The maximum absolute atomic E-state index is 13.4. The first-order chi connectivity index (χ1) is 16.0. The van der Waals surface area contributed by atoms with Gasteiger partial charge in [0.15, 0.2) is 0 Å². The predicted octanol–water partition coefficient (Wildman–Crippen LogP) is 5.29. The molecule has 0 atom stereocenters. The minimum absolute atomic E-state index is 0.168. The third-order valence-corrected chi connectivity index (χ3v) is 6.91. The number of aromatic nitrogens is 2. The van der Waals surface area contributed by atoms with Gasteiger partial charge in [-0.05, 0) is 30.7 Å². The first-order valence-electron chi connectivity index (χ1n) is 10.3. The molecule has 5 nitrogen and oxygen atoms in total. The summed E-state index contributed by atoms with van der Waals surface area (Å²) in [5.74, 6) is 6.27. The second-order valence-electron chi connectivity index (χ2n) is 7.60. The van der Waals surface area contributed by atoms with Crippen LogP contribution >= 0.6 is 0 Å². The number of rotatable bonds is 3. The molecule has 0 radical (unpaired) electrons. The fraction of sp³-hybridized carbons (Fsp3) is 0.0370. The van der Waals surface area contributed by atoms with Gasteiger partial charge < -0.3 is 0 Å². The third kappa shape index (κ3) is 4.02. The maximum Gasteiger partial charge on any atom is 0.264 e. The minimum atomic E-state index is -3.90. The number of benzene rings is 3. The first-order valence-corrected chi connectivity index (χ1v) is 11.8. The van der Waals surface area contributed by atoms with E-state index in [9.17, 15) is 8.42 Å². The standard InChI is InChI=1S/C27H19N3O2S/c1-19-12-13-21-9-6-16-29-26(21)27(19)33(31,32)30-25-11-5-3-7-20(25)14-15-23-18-28-17-22-8-2-4-10-24(22)23/h2-13,16-18,30H,1H3. The highest BCUT2D eigenvalue weighted by molar-refractivity contribution is 7.93. The second-order valence-corrected chi connectivity index (χ2v) is 9.22.